The average Bonchev–Trinajstić information content (AvgIpc) is 3.10. The third-order valence-corrected chi connectivity index (χ3v) is 4.28. The van der Waals surface area contributed by atoms with Crippen molar-refractivity contribution in [2.24, 2.45) is 5.92 Å². The second-order valence-electron chi connectivity index (χ2n) is 5.82. The fraction of sp³-hybridized carbons (Fsp3) is 0.643. The van der Waals surface area contributed by atoms with Crippen molar-refractivity contribution in [2.75, 3.05) is 6.54 Å². The smallest absolute Gasteiger partial charge is 0.421 e. The molecule has 0 aromatic rings. The monoisotopic (exact) mass is 349 g/mol. The van der Waals surface area contributed by atoms with Crippen molar-refractivity contribution in [1.82, 2.24) is 5.32 Å². The lowest BCUT2D eigenvalue weighted by Gasteiger charge is -2.22. The van der Waals surface area contributed by atoms with Gasteiger partial charge in [-0.05, 0) is 6.42 Å². The topological polar surface area (TPSA) is 90.9 Å². The van der Waals surface area contributed by atoms with E-state index >= 15 is 0 Å². The van der Waals surface area contributed by atoms with E-state index in [1.807, 2.05) is 5.32 Å². The van der Waals surface area contributed by atoms with Crippen LogP contribution in [-0.2, 0) is 28.6 Å². The Kier molecular flexibility index (Phi) is 4.02. The quantitative estimate of drug-likeness (QED) is 0.565. The van der Waals surface area contributed by atoms with Crippen molar-refractivity contribution in [2.45, 2.75) is 43.4 Å². The number of esters is 2. The Balaban J connectivity index is 1.44. The van der Waals surface area contributed by atoms with Crippen molar-refractivity contribution in [3.05, 3.63) is 12.2 Å². The molecule has 24 heavy (non-hydrogen) atoms. The molecule has 0 radical (unpaired) electrons. The maximum absolute atomic E-state index is 12.3. The molecule has 5 atom stereocenters. The molecular weight excluding hydrogens is 335 g/mol. The summed E-state index contributed by atoms with van der Waals surface area (Å²) in [6.45, 7) is 2.32. The molecule has 3 aliphatic heterocycles. The molecule has 3 saturated heterocycles. The molecule has 132 valence electrons. The molecule has 3 aliphatic rings. The number of hydrogen-bond donors (Lipinski definition) is 1. The Labute approximate surface area is 134 Å². The number of halogens is 3. The Bertz CT molecular complexity index is 604. The van der Waals surface area contributed by atoms with Gasteiger partial charge in [0.05, 0.1) is 18.4 Å². The zero-order valence-corrected chi connectivity index (χ0v) is 12.3. The van der Waals surface area contributed by atoms with Gasteiger partial charge in [0.25, 0.3) is 5.91 Å². The van der Waals surface area contributed by atoms with E-state index in [-0.39, 0.29) is 24.9 Å². The maximum Gasteiger partial charge on any atom is 0.421 e. The van der Waals surface area contributed by atoms with Crippen molar-refractivity contribution in [1.29, 1.82) is 0 Å². The number of amides is 1. The molecular formula is C14H14F3NO6. The van der Waals surface area contributed by atoms with E-state index in [2.05, 4.69) is 6.58 Å². The Morgan fingerprint density at radius 2 is 2.04 bits per heavy atom. The van der Waals surface area contributed by atoms with Gasteiger partial charge >= 0.3 is 18.1 Å². The molecule has 2 bridgehead atoms. The molecule has 5 unspecified atom stereocenters. The molecule has 0 aliphatic carbocycles. The molecule has 3 rings (SSSR count). The predicted octanol–water partition coefficient (Wildman–Crippen LogP) is 0.236. The van der Waals surface area contributed by atoms with Gasteiger partial charge in [-0.2, -0.15) is 13.2 Å². The lowest BCUT2D eigenvalue weighted by Crippen LogP contribution is -2.40. The zero-order chi connectivity index (χ0) is 17.6. The van der Waals surface area contributed by atoms with Crippen LogP contribution in [0.2, 0.25) is 0 Å². The maximum atomic E-state index is 12.3. The molecule has 0 saturated carbocycles. The van der Waals surface area contributed by atoms with Crippen LogP contribution in [0.15, 0.2) is 12.2 Å². The number of alkyl halides is 3. The number of fused-ring (bicyclic) bond motifs is 1. The predicted molar refractivity (Wildman–Crippen MR) is 69.3 cm³/mol. The van der Waals surface area contributed by atoms with Gasteiger partial charge in [0.1, 0.15) is 11.7 Å². The number of hydrogen-bond acceptors (Lipinski definition) is 6. The van der Waals surface area contributed by atoms with Crippen LogP contribution in [0.4, 0.5) is 13.2 Å². The lowest BCUT2D eigenvalue weighted by atomic mass is 9.88. The third-order valence-electron chi connectivity index (χ3n) is 4.28. The molecule has 0 aromatic carbocycles. The Morgan fingerprint density at radius 1 is 1.33 bits per heavy atom. The molecule has 7 nitrogen and oxygen atoms in total. The summed E-state index contributed by atoms with van der Waals surface area (Å²) < 4.78 is 52.6. The van der Waals surface area contributed by atoms with Crippen LogP contribution in [0.1, 0.15) is 12.8 Å². The van der Waals surface area contributed by atoms with Crippen LogP contribution in [0.5, 0.6) is 0 Å². The van der Waals surface area contributed by atoms with Gasteiger partial charge in [-0.25, -0.2) is 0 Å². The minimum Gasteiger partial charge on any atom is -0.455 e. The highest BCUT2D eigenvalue weighted by Gasteiger charge is 2.65. The second kappa shape index (κ2) is 5.76. The largest absolute Gasteiger partial charge is 0.455 e. The average molecular weight is 349 g/mol. The van der Waals surface area contributed by atoms with Crippen molar-refractivity contribution >= 4 is 17.8 Å². The molecule has 10 heteroatoms. The molecule has 0 aromatic heterocycles. The van der Waals surface area contributed by atoms with E-state index in [1.165, 1.54) is 0 Å². The first-order valence-corrected chi connectivity index (χ1v) is 7.28. The Morgan fingerprint density at radius 3 is 2.71 bits per heavy atom. The zero-order valence-electron chi connectivity index (χ0n) is 12.3. The van der Waals surface area contributed by atoms with Gasteiger partial charge < -0.3 is 19.5 Å². The van der Waals surface area contributed by atoms with Gasteiger partial charge in [-0.3, -0.25) is 14.4 Å². The molecule has 1 amide bonds. The van der Waals surface area contributed by atoms with E-state index in [9.17, 15) is 27.6 Å². The number of carbonyl (C=O) groups is 3. The summed E-state index contributed by atoms with van der Waals surface area (Å²) in [5, 5.41) is 1.94. The highest BCUT2D eigenvalue weighted by molar-refractivity contribution is 5.94. The molecule has 0 spiro atoms. The number of nitrogens with one attached hydrogen (secondary N) is 1. The summed E-state index contributed by atoms with van der Waals surface area (Å²) in [4.78, 5) is 34.5. The fourth-order valence-corrected chi connectivity index (χ4v) is 3.11. The summed E-state index contributed by atoms with van der Waals surface area (Å²) in [5.74, 6) is -2.81. The van der Waals surface area contributed by atoms with Gasteiger partial charge in [-0.1, -0.05) is 6.58 Å². The minimum atomic E-state index is -4.83. The van der Waals surface area contributed by atoms with Crippen LogP contribution in [-0.4, -0.2) is 55.0 Å². The first-order valence-electron chi connectivity index (χ1n) is 7.28. The number of ether oxygens (including phenoxy) is 3. The summed E-state index contributed by atoms with van der Waals surface area (Å²) in [6.07, 6.45) is -6.91. The van der Waals surface area contributed by atoms with Crippen LogP contribution in [0.3, 0.4) is 0 Å². The summed E-state index contributed by atoms with van der Waals surface area (Å²) >= 11 is 0. The van der Waals surface area contributed by atoms with Crippen molar-refractivity contribution in [3.63, 3.8) is 0 Å². The highest BCUT2D eigenvalue weighted by Crippen LogP contribution is 2.47. The normalized spacial score (nSPS) is 33.3. The molecule has 1 N–H and O–H groups in total. The van der Waals surface area contributed by atoms with Crippen LogP contribution >= 0.6 is 0 Å². The summed E-state index contributed by atoms with van der Waals surface area (Å²) in [7, 11) is 0. The van der Waals surface area contributed by atoms with E-state index in [0.717, 1.165) is 0 Å². The third kappa shape index (κ3) is 2.85. The SMILES string of the molecule is C=C(C(=O)NCCC(=O)OC1C2CC3C(=O)OC1C3O2)C(F)(F)F. The summed E-state index contributed by atoms with van der Waals surface area (Å²) in [6, 6.07) is 0. The van der Waals surface area contributed by atoms with Gasteiger partial charge in [0.2, 0.25) is 0 Å². The summed E-state index contributed by atoms with van der Waals surface area (Å²) in [5.41, 5.74) is -1.54. The first kappa shape index (κ1) is 16.7. The van der Waals surface area contributed by atoms with Gasteiger partial charge in [0, 0.05) is 6.54 Å². The van der Waals surface area contributed by atoms with Crippen molar-refractivity contribution in [3.8, 4) is 0 Å². The Hall–Kier alpha value is -2.10. The van der Waals surface area contributed by atoms with E-state index in [0.29, 0.717) is 6.42 Å². The molecule has 3 fully saturated rings. The highest BCUT2D eigenvalue weighted by atomic mass is 19.4. The number of rotatable bonds is 5. The van der Waals surface area contributed by atoms with Crippen LogP contribution in [0.25, 0.3) is 0 Å². The van der Waals surface area contributed by atoms with Gasteiger partial charge in [-0.15, -0.1) is 0 Å². The molecule has 3 heterocycles. The standard InChI is InChI=1S/C14H14F3NO6/c1-5(14(15,16)17)12(20)18-3-2-8(19)23-10-7-4-6-9(22-7)11(10)24-13(6)21/h6-7,9-11H,1-4H2,(H,18,20). The van der Waals surface area contributed by atoms with E-state index in [4.69, 9.17) is 14.2 Å². The number of carbonyl (C=O) groups excluding carboxylic acids is 3. The van der Waals surface area contributed by atoms with Crippen LogP contribution < -0.4 is 5.32 Å². The second-order valence-corrected chi connectivity index (χ2v) is 5.82. The lowest BCUT2D eigenvalue weighted by molar-refractivity contribution is -0.160. The fourth-order valence-electron chi connectivity index (χ4n) is 3.11. The van der Waals surface area contributed by atoms with E-state index in [1.54, 1.807) is 0 Å². The van der Waals surface area contributed by atoms with E-state index < -0.39 is 48.0 Å². The van der Waals surface area contributed by atoms with Crippen LogP contribution in [0, 0.1) is 5.92 Å². The first-order chi connectivity index (χ1) is 11.2. The van der Waals surface area contributed by atoms with Crippen molar-refractivity contribution < 1.29 is 41.8 Å². The van der Waals surface area contributed by atoms with Gasteiger partial charge in [0.15, 0.2) is 12.2 Å². The minimum absolute atomic E-state index is 0.317.